The maximum atomic E-state index is 12.6. The Morgan fingerprint density at radius 3 is 2.00 bits per heavy atom. The highest BCUT2D eigenvalue weighted by molar-refractivity contribution is 7.80. The van der Waals surface area contributed by atoms with Crippen molar-refractivity contribution >= 4 is 34.1 Å². The topological polar surface area (TPSA) is 86.8 Å². The highest BCUT2D eigenvalue weighted by Gasteiger charge is 2.38. The van der Waals surface area contributed by atoms with E-state index in [1.807, 2.05) is 48.8 Å². The Morgan fingerprint density at radius 1 is 0.791 bits per heavy atom. The molecule has 7 nitrogen and oxygen atoms in total. The molecule has 6 rings (SSSR count). The smallest absolute Gasteiger partial charge is 0.271 e. The predicted octanol–water partition coefficient (Wildman–Crippen LogP) is 5.95. The number of carbonyl (C=O) groups excluding carboxylic acids is 1. The molecule has 1 amide bonds. The van der Waals surface area contributed by atoms with Gasteiger partial charge in [0, 0.05) is 29.8 Å². The first-order valence-electron chi connectivity index (χ1n) is 14.3. The summed E-state index contributed by atoms with van der Waals surface area (Å²) in [6.07, 6.45) is 7.34. The SMILES string of the molecule is O=C(NNC(=S)NCCCc1cn(C(c2ccccc2)(c2ccccc2)c2ccccc2)cn1)c1c[nH]c2ccccc12. The van der Waals surface area contributed by atoms with Crippen molar-refractivity contribution in [2.75, 3.05) is 6.54 Å². The van der Waals surface area contributed by atoms with Crippen LogP contribution in [0.4, 0.5) is 0 Å². The summed E-state index contributed by atoms with van der Waals surface area (Å²) in [5, 5.41) is 4.38. The zero-order chi connectivity index (χ0) is 29.5. The summed E-state index contributed by atoms with van der Waals surface area (Å²) in [5.41, 5.74) is 10.8. The molecule has 43 heavy (non-hydrogen) atoms. The predicted molar refractivity (Wildman–Crippen MR) is 175 cm³/mol. The third-order valence-electron chi connectivity index (χ3n) is 7.62. The number of imidazole rings is 1. The second-order valence-corrected chi connectivity index (χ2v) is 10.7. The first-order valence-corrected chi connectivity index (χ1v) is 14.7. The van der Waals surface area contributed by atoms with Crippen LogP contribution in [0, 0.1) is 0 Å². The molecule has 0 saturated heterocycles. The summed E-state index contributed by atoms with van der Waals surface area (Å²) in [7, 11) is 0. The molecule has 0 saturated carbocycles. The third kappa shape index (κ3) is 5.78. The highest BCUT2D eigenvalue weighted by atomic mass is 32.1. The largest absolute Gasteiger partial charge is 0.361 e. The van der Waals surface area contributed by atoms with Gasteiger partial charge in [0.1, 0.15) is 5.54 Å². The fourth-order valence-electron chi connectivity index (χ4n) is 5.62. The molecule has 0 aliphatic carbocycles. The minimum absolute atomic E-state index is 0.258. The van der Waals surface area contributed by atoms with Crippen LogP contribution in [0.25, 0.3) is 10.9 Å². The van der Waals surface area contributed by atoms with E-state index in [9.17, 15) is 4.79 Å². The van der Waals surface area contributed by atoms with E-state index in [0.29, 0.717) is 17.2 Å². The van der Waals surface area contributed by atoms with E-state index in [1.54, 1.807) is 6.20 Å². The van der Waals surface area contributed by atoms with Gasteiger partial charge in [-0.2, -0.15) is 0 Å². The van der Waals surface area contributed by atoms with Gasteiger partial charge in [0.05, 0.1) is 17.6 Å². The van der Waals surface area contributed by atoms with Gasteiger partial charge in [-0.15, -0.1) is 0 Å². The van der Waals surface area contributed by atoms with Crippen molar-refractivity contribution in [3.8, 4) is 0 Å². The molecule has 2 aromatic heterocycles. The van der Waals surface area contributed by atoms with E-state index >= 15 is 0 Å². The molecule has 4 N–H and O–H groups in total. The summed E-state index contributed by atoms with van der Waals surface area (Å²) in [6.45, 7) is 0.628. The number of thiocarbonyl (C=S) groups is 1. The Kier molecular flexibility index (Phi) is 8.28. The summed E-state index contributed by atoms with van der Waals surface area (Å²) in [6, 6.07) is 39.3. The molecule has 6 aromatic rings. The number of rotatable bonds is 9. The quantitative estimate of drug-likeness (QED) is 0.0731. The zero-order valence-electron chi connectivity index (χ0n) is 23.5. The molecule has 214 valence electrons. The summed E-state index contributed by atoms with van der Waals surface area (Å²) in [4.78, 5) is 20.6. The van der Waals surface area contributed by atoms with Gasteiger partial charge in [0.2, 0.25) is 0 Å². The third-order valence-corrected chi connectivity index (χ3v) is 7.86. The van der Waals surface area contributed by atoms with Crippen LogP contribution in [-0.2, 0) is 12.0 Å². The number of nitrogens with zero attached hydrogens (tertiary/aromatic N) is 2. The van der Waals surface area contributed by atoms with Gasteiger partial charge in [-0.3, -0.25) is 15.6 Å². The van der Waals surface area contributed by atoms with Crippen molar-refractivity contribution in [1.29, 1.82) is 0 Å². The van der Waals surface area contributed by atoms with Gasteiger partial charge in [-0.25, -0.2) is 4.98 Å². The van der Waals surface area contributed by atoms with E-state index in [-0.39, 0.29) is 5.91 Å². The number of fused-ring (bicyclic) bond motifs is 1. The molecule has 8 heteroatoms. The van der Waals surface area contributed by atoms with E-state index in [2.05, 4.69) is 105 Å². The van der Waals surface area contributed by atoms with E-state index in [0.717, 1.165) is 46.1 Å². The number of benzene rings is 4. The van der Waals surface area contributed by atoms with Crippen molar-refractivity contribution in [2.24, 2.45) is 0 Å². The Bertz CT molecular complexity index is 1720. The number of hydrogen-bond donors (Lipinski definition) is 4. The number of aryl methyl sites for hydroxylation is 1. The first kappa shape index (κ1) is 27.9. The van der Waals surface area contributed by atoms with Crippen LogP contribution in [0.15, 0.2) is 134 Å². The van der Waals surface area contributed by atoms with Gasteiger partial charge in [-0.05, 0) is 47.8 Å². The number of carbonyl (C=O) groups is 1. The fraction of sp³-hybridized carbons (Fsp3) is 0.114. The average Bonchev–Trinajstić information content (AvgIpc) is 3.72. The van der Waals surface area contributed by atoms with Crippen molar-refractivity contribution < 1.29 is 4.79 Å². The van der Waals surface area contributed by atoms with Crippen molar-refractivity contribution in [1.82, 2.24) is 30.7 Å². The van der Waals surface area contributed by atoms with Crippen LogP contribution in [0.2, 0.25) is 0 Å². The van der Waals surface area contributed by atoms with Crippen molar-refractivity contribution in [3.05, 3.63) is 162 Å². The number of H-pyrrole nitrogens is 1. The van der Waals surface area contributed by atoms with Crippen LogP contribution >= 0.6 is 12.2 Å². The molecular formula is C35H32N6OS. The van der Waals surface area contributed by atoms with Gasteiger partial charge in [-0.1, -0.05) is 109 Å². The van der Waals surface area contributed by atoms with E-state index < -0.39 is 5.54 Å². The first-order chi connectivity index (χ1) is 21.2. The fourth-order valence-corrected chi connectivity index (χ4v) is 5.77. The van der Waals surface area contributed by atoms with Crippen LogP contribution < -0.4 is 16.2 Å². The Labute approximate surface area is 256 Å². The van der Waals surface area contributed by atoms with E-state index in [1.165, 1.54) is 0 Å². The number of amides is 1. The molecule has 0 aliphatic heterocycles. The number of aromatic amines is 1. The lowest BCUT2D eigenvalue weighted by atomic mass is 9.77. The minimum atomic E-state index is -0.582. The second kappa shape index (κ2) is 12.8. The highest BCUT2D eigenvalue weighted by Crippen LogP contribution is 2.40. The van der Waals surface area contributed by atoms with Crippen molar-refractivity contribution in [3.63, 3.8) is 0 Å². The van der Waals surface area contributed by atoms with Crippen LogP contribution in [0.3, 0.4) is 0 Å². The number of hydrazine groups is 1. The lowest BCUT2D eigenvalue weighted by Crippen LogP contribution is -2.47. The Morgan fingerprint density at radius 2 is 1.37 bits per heavy atom. The normalized spacial score (nSPS) is 11.3. The van der Waals surface area contributed by atoms with Crippen molar-refractivity contribution in [2.45, 2.75) is 18.4 Å². The molecule has 0 bridgehead atoms. The summed E-state index contributed by atoms with van der Waals surface area (Å²) < 4.78 is 2.22. The molecule has 0 radical (unpaired) electrons. The number of aromatic nitrogens is 3. The Balaban J connectivity index is 1.12. The number of para-hydroxylation sites is 1. The lowest BCUT2D eigenvalue weighted by molar-refractivity contribution is 0.0945. The van der Waals surface area contributed by atoms with Crippen LogP contribution in [0.5, 0.6) is 0 Å². The second-order valence-electron chi connectivity index (χ2n) is 10.3. The number of nitrogens with one attached hydrogen (secondary N) is 4. The van der Waals surface area contributed by atoms with Gasteiger partial charge < -0.3 is 14.9 Å². The standard InChI is InChI=1S/C35H32N6OS/c42-33(31-23-37-32-21-11-10-20-30(31)32)39-40-34(43)36-22-12-19-29-24-41(25-38-29)35(26-13-4-1-5-14-26,27-15-6-2-7-16-27)28-17-8-3-9-18-28/h1-11,13-18,20-21,23-25,37H,12,19,22H2,(H,39,42)(H2,36,40,43). The van der Waals surface area contributed by atoms with Gasteiger partial charge >= 0.3 is 0 Å². The molecule has 4 aromatic carbocycles. The molecule has 0 atom stereocenters. The number of hydrogen-bond acceptors (Lipinski definition) is 3. The van der Waals surface area contributed by atoms with Crippen LogP contribution in [0.1, 0.15) is 39.2 Å². The molecule has 0 spiro atoms. The van der Waals surface area contributed by atoms with Gasteiger partial charge in [0.15, 0.2) is 5.11 Å². The van der Waals surface area contributed by atoms with Gasteiger partial charge in [0.25, 0.3) is 5.91 Å². The molecule has 0 fully saturated rings. The zero-order valence-corrected chi connectivity index (χ0v) is 24.4. The minimum Gasteiger partial charge on any atom is -0.361 e. The maximum absolute atomic E-state index is 12.6. The maximum Gasteiger partial charge on any atom is 0.271 e. The average molecular weight is 585 g/mol. The molecule has 0 aliphatic rings. The molecular weight excluding hydrogens is 552 g/mol. The molecule has 0 unspecified atom stereocenters. The lowest BCUT2D eigenvalue weighted by Gasteiger charge is -2.37. The summed E-state index contributed by atoms with van der Waals surface area (Å²) >= 11 is 5.38. The monoisotopic (exact) mass is 584 g/mol. The van der Waals surface area contributed by atoms with E-state index in [4.69, 9.17) is 17.2 Å². The molecule has 2 heterocycles. The Hall–Kier alpha value is -5.21. The van der Waals surface area contributed by atoms with Crippen LogP contribution in [-0.4, -0.2) is 32.1 Å². The summed E-state index contributed by atoms with van der Waals surface area (Å²) in [5.74, 6) is -0.258.